The molecule has 0 spiro atoms. The second-order valence-electron chi connectivity index (χ2n) is 23.3. The first-order valence-corrected chi connectivity index (χ1v) is 38.4. The normalized spacial score (nSPS) is 14.7. The second-order valence-corrected chi connectivity index (χ2v) is 47.4. The molecular formula is C60H80OSn2. The third-order valence-corrected chi connectivity index (χ3v) is 59.8. The van der Waals surface area contributed by atoms with E-state index in [1.807, 2.05) is 0 Å². The molecule has 334 valence electrons. The second kappa shape index (κ2) is 19.9. The van der Waals surface area contributed by atoms with Gasteiger partial charge in [-0.2, -0.15) is 0 Å². The standard InChI is InChI=1S/C10H15.5C10H13.O.2Sn/c6*1-10(2,3)9-7-5-4-6-8-9;;;/h5,7-8H,1,4,6H2,2-3H3;5*4-8H,1H2,2-3H3;;;. The van der Waals surface area contributed by atoms with Gasteiger partial charge in [-0.1, -0.05) is 0 Å². The number of hydrogen-bond acceptors (Lipinski definition) is 1. The molecule has 1 aliphatic rings. The summed E-state index contributed by atoms with van der Waals surface area (Å²) in [4.78, 5) is 0. The summed E-state index contributed by atoms with van der Waals surface area (Å²) in [6, 6.07) is 57.3. The van der Waals surface area contributed by atoms with E-state index in [1.54, 1.807) is 0 Å². The molecule has 1 nitrogen and oxygen atoms in total. The summed E-state index contributed by atoms with van der Waals surface area (Å²) >= 11 is -8.19. The van der Waals surface area contributed by atoms with E-state index in [0.717, 1.165) is 39.5 Å². The van der Waals surface area contributed by atoms with Gasteiger partial charge in [0.1, 0.15) is 0 Å². The molecule has 0 aliphatic heterocycles. The van der Waals surface area contributed by atoms with E-state index in [2.05, 4.69) is 253 Å². The molecule has 0 aromatic heterocycles. The van der Waals surface area contributed by atoms with E-state index < -0.39 is 37.6 Å². The van der Waals surface area contributed by atoms with Crippen molar-refractivity contribution in [2.24, 2.45) is 5.41 Å². The van der Waals surface area contributed by atoms with E-state index >= 15 is 0 Å². The molecule has 63 heavy (non-hydrogen) atoms. The Bertz CT molecular complexity index is 2060. The summed E-state index contributed by atoms with van der Waals surface area (Å²) in [5, 5.41) is 0. The Morgan fingerprint density at radius 1 is 0.333 bits per heavy atom. The molecule has 5 aromatic rings. The van der Waals surface area contributed by atoms with Crippen LogP contribution in [0, 0.1) is 5.41 Å². The predicted octanol–water partition coefficient (Wildman–Crippen LogP) is 17.1. The maximum absolute atomic E-state index is 9.41. The Morgan fingerprint density at radius 3 is 0.794 bits per heavy atom. The van der Waals surface area contributed by atoms with Gasteiger partial charge in [-0.3, -0.25) is 0 Å². The molecule has 0 atom stereocenters. The van der Waals surface area contributed by atoms with Crippen molar-refractivity contribution in [1.82, 2.24) is 0 Å². The van der Waals surface area contributed by atoms with Crippen LogP contribution in [0.1, 0.15) is 124 Å². The molecule has 0 heterocycles. The molecule has 0 saturated heterocycles. The van der Waals surface area contributed by atoms with Crippen molar-refractivity contribution in [1.29, 1.82) is 0 Å². The SMILES string of the molecule is CC(C)([CH2][Sn]([CH2]C(C)(C)c1ccccc1)([CH2]C(C)(C)c1ccccc1)[O][Sn]([CH2]C(C)(C)c1ccccc1)([CH2]C(C)(C)c1ccccc1)[CH2]C(C)(C)c1ccccc1)C1=CCCC=C1. The summed E-state index contributed by atoms with van der Waals surface area (Å²) in [6.07, 6.45) is 9.70. The van der Waals surface area contributed by atoms with Crippen LogP contribution in [0.2, 0.25) is 26.6 Å². The summed E-state index contributed by atoms with van der Waals surface area (Å²) < 4.78 is 16.2. The zero-order chi connectivity index (χ0) is 45.6. The Hall–Kier alpha value is -2.86. The van der Waals surface area contributed by atoms with Gasteiger partial charge in [0, 0.05) is 0 Å². The summed E-state index contributed by atoms with van der Waals surface area (Å²) in [5.74, 6) is 0. The summed E-state index contributed by atoms with van der Waals surface area (Å²) in [6.45, 7) is 30.6. The quantitative estimate of drug-likeness (QED) is 0.0706. The molecule has 0 fully saturated rings. The van der Waals surface area contributed by atoms with E-state index in [-0.39, 0.29) is 32.5 Å². The van der Waals surface area contributed by atoms with Crippen LogP contribution in [0.25, 0.3) is 0 Å². The number of benzene rings is 5. The van der Waals surface area contributed by atoms with Crippen molar-refractivity contribution in [3.63, 3.8) is 0 Å². The minimum absolute atomic E-state index is 0.0387. The Morgan fingerprint density at radius 2 is 0.571 bits per heavy atom. The van der Waals surface area contributed by atoms with Crippen LogP contribution >= 0.6 is 0 Å². The first-order chi connectivity index (χ1) is 29.6. The van der Waals surface area contributed by atoms with Gasteiger partial charge in [0.2, 0.25) is 0 Å². The average Bonchev–Trinajstić information content (AvgIpc) is 3.24. The summed E-state index contributed by atoms with van der Waals surface area (Å²) in [5.41, 5.74) is 8.22. The molecule has 0 N–H and O–H groups in total. The molecular weight excluding hydrogens is 974 g/mol. The maximum atomic E-state index is 9.41. The molecule has 1 aliphatic carbocycles. The van der Waals surface area contributed by atoms with Crippen LogP contribution in [-0.2, 0) is 28.5 Å². The van der Waals surface area contributed by atoms with Gasteiger partial charge < -0.3 is 0 Å². The number of allylic oxidation sites excluding steroid dienone is 4. The van der Waals surface area contributed by atoms with Gasteiger partial charge in [0.05, 0.1) is 0 Å². The molecule has 0 amide bonds. The first kappa shape index (κ1) is 49.6. The van der Waals surface area contributed by atoms with Gasteiger partial charge >= 0.3 is 397 Å². The van der Waals surface area contributed by atoms with Gasteiger partial charge in [-0.05, 0) is 0 Å². The first-order valence-electron chi connectivity index (χ1n) is 23.9. The Kier molecular flexibility index (Phi) is 15.7. The molecule has 3 heteroatoms. The van der Waals surface area contributed by atoms with E-state index in [9.17, 15) is 1.41 Å². The third kappa shape index (κ3) is 12.7. The van der Waals surface area contributed by atoms with Gasteiger partial charge in [0.25, 0.3) is 0 Å². The molecule has 0 saturated carbocycles. The summed E-state index contributed by atoms with van der Waals surface area (Å²) in [7, 11) is 0. The fourth-order valence-electron chi connectivity index (χ4n) is 12.1. The van der Waals surface area contributed by atoms with E-state index in [4.69, 9.17) is 0 Å². The van der Waals surface area contributed by atoms with Crippen molar-refractivity contribution in [3.8, 4) is 0 Å². The molecule has 6 rings (SSSR count). The fraction of sp³-hybridized carbons (Fsp3) is 0.433. The van der Waals surface area contributed by atoms with Crippen molar-refractivity contribution < 1.29 is 1.41 Å². The van der Waals surface area contributed by atoms with E-state index in [1.165, 1.54) is 33.4 Å². The zero-order valence-corrected chi connectivity index (χ0v) is 46.9. The Balaban J connectivity index is 1.69. The molecule has 0 bridgehead atoms. The van der Waals surface area contributed by atoms with Crippen LogP contribution in [0.15, 0.2) is 175 Å². The third-order valence-electron chi connectivity index (χ3n) is 14.6. The fourth-order valence-corrected chi connectivity index (χ4v) is 75.0. The van der Waals surface area contributed by atoms with Crippen LogP contribution in [0.4, 0.5) is 0 Å². The van der Waals surface area contributed by atoms with E-state index in [0.29, 0.717) is 0 Å². The van der Waals surface area contributed by atoms with Crippen molar-refractivity contribution in [2.45, 2.75) is 150 Å². The molecule has 5 aromatic carbocycles. The predicted molar refractivity (Wildman–Crippen MR) is 279 cm³/mol. The topological polar surface area (TPSA) is 9.23 Å². The van der Waals surface area contributed by atoms with Gasteiger partial charge in [0.15, 0.2) is 0 Å². The minimum atomic E-state index is -4.10. The number of rotatable bonds is 20. The number of hydrogen-bond donors (Lipinski definition) is 0. The van der Waals surface area contributed by atoms with Crippen LogP contribution in [0.5, 0.6) is 0 Å². The van der Waals surface area contributed by atoms with Crippen LogP contribution in [-0.4, -0.2) is 37.6 Å². The van der Waals surface area contributed by atoms with Gasteiger partial charge in [-0.15, -0.1) is 0 Å². The van der Waals surface area contributed by atoms with Crippen molar-refractivity contribution >= 4 is 37.6 Å². The van der Waals surface area contributed by atoms with Gasteiger partial charge in [-0.25, -0.2) is 0 Å². The van der Waals surface area contributed by atoms with Crippen molar-refractivity contribution in [2.75, 3.05) is 0 Å². The molecule has 0 radical (unpaired) electrons. The molecule has 0 unspecified atom stereocenters. The van der Waals surface area contributed by atoms with Crippen LogP contribution < -0.4 is 0 Å². The zero-order valence-electron chi connectivity index (χ0n) is 41.2. The Labute approximate surface area is 394 Å². The monoisotopic (exact) mass is 1060 g/mol. The van der Waals surface area contributed by atoms with Crippen molar-refractivity contribution in [3.05, 3.63) is 203 Å². The average molecular weight is 1050 g/mol. The van der Waals surface area contributed by atoms with Crippen LogP contribution in [0.3, 0.4) is 0 Å².